The van der Waals surface area contributed by atoms with Gasteiger partial charge in [0, 0.05) is 92.0 Å². The molecule has 4 amide bonds. The lowest BCUT2D eigenvalue weighted by molar-refractivity contribution is -0.138. The van der Waals surface area contributed by atoms with Crippen molar-refractivity contribution in [1.29, 1.82) is 0 Å². The second-order valence-corrected chi connectivity index (χ2v) is 20.8. The minimum Gasteiger partial charge on any atom is -0.274 e. The van der Waals surface area contributed by atoms with Gasteiger partial charge in [0.15, 0.2) is 0 Å². The van der Waals surface area contributed by atoms with Crippen LogP contribution in [0.2, 0.25) is 0 Å². The van der Waals surface area contributed by atoms with Crippen LogP contribution in [-0.2, 0) is 25.2 Å². The molecule has 0 N–H and O–H groups in total. The van der Waals surface area contributed by atoms with Crippen molar-refractivity contribution in [3.05, 3.63) is 129 Å². The van der Waals surface area contributed by atoms with Crippen molar-refractivity contribution in [3.63, 3.8) is 0 Å². The fourth-order valence-corrected chi connectivity index (χ4v) is 13.0. The number of rotatable bonds is 6. The molecule has 0 atom stereocenters. The number of fused-ring (bicyclic) bond motifs is 2. The van der Waals surface area contributed by atoms with Crippen LogP contribution in [0.5, 0.6) is 0 Å². The van der Waals surface area contributed by atoms with Crippen molar-refractivity contribution < 1.29 is 45.5 Å². The quantitative estimate of drug-likeness (QED) is 0.0720. The molecule has 0 fully saturated rings. The van der Waals surface area contributed by atoms with E-state index in [9.17, 15) is 45.5 Å². The van der Waals surface area contributed by atoms with Gasteiger partial charge in [-0.25, -0.2) is 0 Å². The van der Waals surface area contributed by atoms with Gasteiger partial charge in [0.05, 0.1) is 33.4 Å². The predicted octanol–water partition coefficient (Wildman–Crippen LogP) is 15.6. The van der Waals surface area contributed by atoms with Crippen LogP contribution in [0.15, 0.2) is 84.3 Å². The summed E-state index contributed by atoms with van der Waals surface area (Å²) in [7, 11) is 0. The minimum absolute atomic E-state index is 0.0771. The normalized spacial score (nSPS) is 14.6. The molecule has 0 saturated heterocycles. The fraction of sp³-hybridized carbons (Fsp3) is 0.143. The third-order valence-corrected chi connectivity index (χ3v) is 19.6. The minimum atomic E-state index is -4.53. The molecular formula is C42H16Br8F6N2O4. The topological polar surface area (TPSA) is 74.8 Å². The number of carbonyl (C=O) groups is 4. The Bertz CT molecular complexity index is 2870. The fourth-order valence-electron chi connectivity index (χ4n) is 8.33. The van der Waals surface area contributed by atoms with Gasteiger partial charge in [-0.1, -0.05) is 24.3 Å². The lowest BCUT2D eigenvalue weighted by atomic mass is 9.82. The molecule has 62 heavy (non-hydrogen) atoms. The second-order valence-electron chi connectivity index (χ2n) is 14.4. The molecule has 7 aromatic carbocycles. The smallest absolute Gasteiger partial charge is 0.274 e. The summed E-state index contributed by atoms with van der Waals surface area (Å²) >= 11 is 29.7. The van der Waals surface area contributed by atoms with Gasteiger partial charge in [-0.15, -0.1) is 0 Å². The van der Waals surface area contributed by atoms with Crippen molar-refractivity contribution in [2.75, 3.05) is 13.1 Å². The number of hydrogen-bond donors (Lipinski definition) is 0. The molecule has 0 spiro atoms. The Labute approximate surface area is 412 Å². The number of carbonyl (C=O) groups excluding carboxylic acids is 4. The standard InChI is InChI=1S/C42H16Br8F6N2O4/c43-29-21-17-19-25(33(29)47)37(59)57(11-9-13-1-5-15(6-2-13)41(51,52)53)38(60)26(19)34(48)30(44)22(17)24-18-20-27(35(49)31(45)23(18)21)39(61)58(40(62)28(20)36(50)32(24)46)12-10-14-3-7-16(8-4-14)42(54,55)56/h1-8H,9-12H2. The number of amides is 4. The lowest BCUT2D eigenvalue weighted by Crippen LogP contribution is -2.42. The molecular weight excluding hydrogens is 1350 g/mol. The summed E-state index contributed by atoms with van der Waals surface area (Å²) in [5.41, 5.74) is -0.0653. The molecule has 6 nitrogen and oxygen atoms in total. The Hall–Kier alpha value is -2.46. The van der Waals surface area contributed by atoms with E-state index in [1.165, 1.54) is 24.3 Å². The van der Waals surface area contributed by atoms with E-state index in [0.717, 1.165) is 34.1 Å². The maximum Gasteiger partial charge on any atom is 0.416 e. The van der Waals surface area contributed by atoms with Crippen molar-refractivity contribution >= 4 is 194 Å². The average molecular weight is 1370 g/mol. The maximum absolute atomic E-state index is 14.6. The van der Waals surface area contributed by atoms with Gasteiger partial charge < -0.3 is 0 Å². The molecule has 0 saturated carbocycles. The van der Waals surface area contributed by atoms with Crippen LogP contribution < -0.4 is 0 Å². The first-order chi connectivity index (χ1) is 29.1. The van der Waals surface area contributed by atoms with E-state index < -0.39 is 47.1 Å². The SMILES string of the molecule is O=C1c2c(Br)c(Br)c3c4c(Br)c(Br)c5c6c(c(Br)c(Br)c(c7c(Br)c(Br)c(c2c37)C(=O)N1CCc1ccc(C(F)(F)F)cc1)c64)C(=O)N(CCc1ccc(C(F)(F)F)cc1)C5=O. The Morgan fingerprint density at radius 1 is 0.355 bits per heavy atom. The zero-order chi connectivity index (χ0) is 44.8. The zero-order valence-electron chi connectivity index (χ0n) is 30.3. The van der Waals surface area contributed by atoms with Gasteiger partial charge in [0.2, 0.25) is 0 Å². The van der Waals surface area contributed by atoms with Gasteiger partial charge >= 0.3 is 12.4 Å². The van der Waals surface area contributed by atoms with Crippen molar-refractivity contribution in [1.82, 2.24) is 9.80 Å². The van der Waals surface area contributed by atoms with Crippen molar-refractivity contribution in [2.45, 2.75) is 25.2 Å². The summed E-state index contributed by atoms with van der Waals surface area (Å²) in [5.74, 6) is -2.56. The summed E-state index contributed by atoms with van der Waals surface area (Å²) in [6.45, 7) is -0.286. The molecule has 7 aromatic rings. The third-order valence-electron chi connectivity index (χ3n) is 11.2. The molecule has 0 aliphatic carbocycles. The Kier molecular flexibility index (Phi) is 11.2. The van der Waals surface area contributed by atoms with E-state index in [0.29, 0.717) is 90.0 Å². The first kappa shape index (κ1) is 44.7. The number of alkyl halides is 6. The van der Waals surface area contributed by atoms with E-state index in [2.05, 4.69) is 127 Å². The number of halogens is 14. The number of imide groups is 2. The number of nitrogens with zero attached hydrogens (tertiary/aromatic N) is 2. The summed E-state index contributed by atoms with van der Waals surface area (Å²) in [6, 6.07) is 9.02. The highest BCUT2D eigenvalue weighted by molar-refractivity contribution is 9.14. The first-order valence-electron chi connectivity index (χ1n) is 17.8. The number of hydrogen-bond acceptors (Lipinski definition) is 4. The molecule has 2 heterocycles. The number of benzene rings is 7. The molecule has 0 aromatic heterocycles. The Morgan fingerprint density at radius 2 is 0.597 bits per heavy atom. The maximum atomic E-state index is 14.6. The van der Waals surface area contributed by atoms with Crippen LogP contribution in [0.4, 0.5) is 26.3 Å². The van der Waals surface area contributed by atoms with Crippen LogP contribution >= 0.6 is 127 Å². The van der Waals surface area contributed by atoms with Crippen LogP contribution in [0.3, 0.4) is 0 Å². The molecule has 316 valence electrons. The van der Waals surface area contributed by atoms with E-state index in [1.54, 1.807) is 0 Å². The van der Waals surface area contributed by atoms with E-state index in [1.807, 2.05) is 0 Å². The molecule has 2 aliphatic rings. The van der Waals surface area contributed by atoms with Crippen LogP contribution in [0, 0.1) is 0 Å². The highest BCUT2D eigenvalue weighted by Crippen LogP contribution is 2.59. The second kappa shape index (κ2) is 15.6. The van der Waals surface area contributed by atoms with Gasteiger partial charge in [-0.2, -0.15) is 26.3 Å². The van der Waals surface area contributed by atoms with E-state index in [-0.39, 0.29) is 48.2 Å². The summed E-state index contributed by atoms with van der Waals surface area (Å²) < 4.78 is 82.2. The zero-order valence-corrected chi connectivity index (χ0v) is 43.0. The molecule has 2 aliphatic heterocycles. The van der Waals surface area contributed by atoms with E-state index >= 15 is 0 Å². The monoisotopic (exact) mass is 1360 g/mol. The Morgan fingerprint density at radius 3 is 0.823 bits per heavy atom. The van der Waals surface area contributed by atoms with Gasteiger partial charge in [0.1, 0.15) is 0 Å². The molecule has 9 rings (SSSR count). The average Bonchev–Trinajstić information content (AvgIpc) is 3.21. The predicted molar refractivity (Wildman–Crippen MR) is 250 cm³/mol. The summed E-state index contributed by atoms with van der Waals surface area (Å²) in [5, 5.41) is 3.70. The molecule has 0 bridgehead atoms. The molecule has 0 unspecified atom stereocenters. The van der Waals surface area contributed by atoms with Gasteiger partial charge in [-0.05, 0) is 176 Å². The van der Waals surface area contributed by atoms with Crippen LogP contribution in [-0.4, -0.2) is 46.5 Å². The van der Waals surface area contributed by atoms with Gasteiger partial charge in [0.25, 0.3) is 23.6 Å². The van der Waals surface area contributed by atoms with Crippen molar-refractivity contribution in [2.24, 2.45) is 0 Å². The Balaban J connectivity index is 1.24. The molecule has 0 radical (unpaired) electrons. The van der Waals surface area contributed by atoms with Crippen molar-refractivity contribution in [3.8, 4) is 0 Å². The van der Waals surface area contributed by atoms with Crippen LogP contribution in [0.1, 0.15) is 63.7 Å². The first-order valence-corrected chi connectivity index (χ1v) is 24.2. The van der Waals surface area contributed by atoms with E-state index in [4.69, 9.17) is 0 Å². The lowest BCUT2D eigenvalue weighted by Gasteiger charge is -2.33. The molecule has 20 heteroatoms. The third kappa shape index (κ3) is 6.55. The highest BCUT2D eigenvalue weighted by atomic mass is 79.9. The summed E-state index contributed by atoms with van der Waals surface area (Å²) in [4.78, 5) is 60.3. The summed E-state index contributed by atoms with van der Waals surface area (Å²) in [6.07, 6.45) is -8.90. The largest absolute Gasteiger partial charge is 0.416 e. The highest BCUT2D eigenvalue weighted by Gasteiger charge is 2.43. The van der Waals surface area contributed by atoms with Crippen LogP contribution in [0.25, 0.3) is 43.1 Å². The van der Waals surface area contributed by atoms with Gasteiger partial charge in [-0.3, -0.25) is 29.0 Å².